The molecule has 0 saturated carbocycles. The van der Waals surface area contributed by atoms with Gasteiger partial charge in [-0.3, -0.25) is 4.98 Å². The second-order valence-corrected chi connectivity index (χ2v) is 3.57. The van der Waals surface area contributed by atoms with Crippen molar-refractivity contribution < 1.29 is 14.3 Å². The van der Waals surface area contributed by atoms with Gasteiger partial charge >= 0.3 is 5.97 Å². The summed E-state index contributed by atoms with van der Waals surface area (Å²) in [6.45, 7) is 3.86. The van der Waals surface area contributed by atoms with Crippen LogP contribution in [0.5, 0.6) is 0 Å². The van der Waals surface area contributed by atoms with E-state index in [0.717, 1.165) is 0 Å². The lowest BCUT2D eigenvalue weighted by atomic mass is 10.2. The maximum Gasteiger partial charge on any atom is 0.340 e. The molecule has 16 heavy (non-hydrogen) atoms. The summed E-state index contributed by atoms with van der Waals surface area (Å²) in [5.41, 5.74) is 6.99. The number of esters is 1. The first kappa shape index (κ1) is 12.4. The zero-order valence-corrected chi connectivity index (χ0v) is 9.69. The van der Waals surface area contributed by atoms with Crippen LogP contribution in [-0.4, -0.2) is 30.8 Å². The minimum absolute atomic E-state index is 0.293. The standard InChI is InChI=1S/C11H16N2O3/c1-7(6-15-3)16-11(14)10-4-9(12)5-13-8(10)2/h4-5,7H,6,12H2,1-3H3. The van der Waals surface area contributed by atoms with Crippen molar-refractivity contribution in [2.75, 3.05) is 19.5 Å². The fourth-order valence-electron chi connectivity index (χ4n) is 1.27. The van der Waals surface area contributed by atoms with E-state index in [4.69, 9.17) is 15.2 Å². The Morgan fingerprint density at radius 3 is 2.94 bits per heavy atom. The minimum atomic E-state index is -0.429. The molecular formula is C11H16N2O3. The van der Waals surface area contributed by atoms with Gasteiger partial charge in [0.25, 0.3) is 0 Å². The molecule has 0 aliphatic heterocycles. The Balaban J connectivity index is 2.76. The fraction of sp³-hybridized carbons (Fsp3) is 0.455. The van der Waals surface area contributed by atoms with Crippen molar-refractivity contribution in [2.24, 2.45) is 0 Å². The minimum Gasteiger partial charge on any atom is -0.457 e. The second-order valence-electron chi connectivity index (χ2n) is 3.57. The molecule has 0 radical (unpaired) electrons. The van der Waals surface area contributed by atoms with E-state index in [1.54, 1.807) is 27.0 Å². The summed E-state index contributed by atoms with van der Waals surface area (Å²) in [4.78, 5) is 15.7. The normalized spacial score (nSPS) is 12.2. The van der Waals surface area contributed by atoms with Crippen molar-refractivity contribution in [3.8, 4) is 0 Å². The van der Waals surface area contributed by atoms with Crippen LogP contribution in [0.25, 0.3) is 0 Å². The summed E-state index contributed by atoms with van der Waals surface area (Å²) in [5.74, 6) is -0.429. The van der Waals surface area contributed by atoms with Crippen LogP contribution in [0.1, 0.15) is 23.0 Å². The third-order valence-electron chi connectivity index (χ3n) is 2.04. The molecule has 0 aromatic carbocycles. The number of anilines is 1. The molecule has 0 amide bonds. The number of nitrogens with two attached hydrogens (primary N) is 1. The Hall–Kier alpha value is -1.62. The number of pyridine rings is 1. The van der Waals surface area contributed by atoms with E-state index in [1.807, 2.05) is 0 Å². The first-order valence-corrected chi connectivity index (χ1v) is 4.96. The van der Waals surface area contributed by atoms with Gasteiger partial charge < -0.3 is 15.2 Å². The van der Waals surface area contributed by atoms with Crippen molar-refractivity contribution in [1.29, 1.82) is 0 Å². The van der Waals surface area contributed by atoms with E-state index in [0.29, 0.717) is 23.6 Å². The molecule has 1 aromatic heterocycles. The smallest absolute Gasteiger partial charge is 0.340 e. The van der Waals surface area contributed by atoms with Gasteiger partial charge in [-0.25, -0.2) is 4.79 Å². The first-order valence-electron chi connectivity index (χ1n) is 4.96. The number of hydrogen-bond donors (Lipinski definition) is 1. The largest absolute Gasteiger partial charge is 0.457 e. The van der Waals surface area contributed by atoms with Crippen LogP contribution in [0.2, 0.25) is 0 Å². The average molecular weight is 224 g/mol. The third-order valence-corrected chi connectivity index (χ3v) is 2.04. The SMILES string of the molecule is COCC(C)OC(=O)c1cc(N)cnc1C. The van der Waals surface area contributed by atoms with E-state index in [2.05, 4.69) is 4.98 Å². The van der Waals surface area contributed by atoms with Gasteiger partial charge in [-0.1, -0.05) is 0 Å². The zero-order valence-electron chi connectivity index (χ0n) is 9.69. The number of carbonyl (C=O) groups is 1. The zero-order chi connectivity index (χ0) is 12.1. The molecule has 1 atom stereocenters. The number of hydrogen-bond acceptors (Lipinski definition) is 5. The topological polar surface area (TPSA) is 74.4 Å². The average Bonchev–Trinajstić information content (AvgIpc) is 2.21. The number of rotatable bonds is 4. The molecule has 0 fully saturated rings. The van der Waals surface area contributed by atoms with Crippen LogP contribution in [0.3, 0.4) is 0 Å². The molecule has 0 saturated heterocycles. The predicted molar refractivity (Wildman–Crippen MR) is 60.1 cm³/mol. The van der Waals surface area contributed by atoms with Crippen LogP contribution in [-0.2, 0) is 9.47 Å². The van der Waals surface area contributed by atoms with Crippen LogP contribution >= 0.6 is 0 Å². The highest BCUT2D eigenvalue weighted by molar-refractivity contribution is 5.91. The van der Waals surface area contributed by atoms with Gasteiger partial charge in [0.05, 0.1) is 29.7 Å². The highest BCUT2D eigenvalue weighted by atomic mass is 16.6. The first-order chi connectivity index (χ1) is 7.54. The molecule has 0 bridgehead atoms. The maximum atomic E-state index is 11.7. The Labute approximate surface area is 94.6 Å². The van der Waals surface area contributed by atoms with Crippen LogP contribution in [0.4, 0.5) is 5.69 Å². The molecule has 0 aliphatic rings. The second kappa shape index (κ2) is 5.46. The Bertz CT molecular complexity index is 379. The molecular weight excluding hydrogens is 208 g/mol. The van der Waals surface area contributed by atoms with Crippen molar-refractivity contribution in [3.63, 3.8) is 0 Å². The van der Waals surface area contributed by atoms with Gasteiger partial charge in [0, 0.05) is 7.11 Å². The summed E-state index contributed by atoms with van der Waals surface area (Å²) in [6.07, 6.45) is 1.21. The number of ether oxygens (including phenoxy) is 2. The monoisotopic (exact) mass is 224 g/mol. The summed E-state index contributed by atoms with van der Waals surface area (Å²) in [5, 5.41) is 0. The van der Waals surface area contributed by atoms with Gasteiger partial charge in [-0.2, -0.15) is 0 Å². The van der Waals surface area contributed by atoms with E-state index < -0.39 is 5.97 Å². The molecule has 5 heteroatoms. The van der Waals surface area contributed by atoms with Gasteiger partial charge in [0.1, 0.15) is 6.10 Å². The lowest BCUT2D eigenvalue weighted by Crippen LogP contribution is -2.20. The number of methoxy groups -OCH3 is 1. The lowest BCUT2D eigenvalue weighted by Gasteiger charge is -2.13. The molecule has 0 spiro atoms. The van der Waals surface area contributed by atoms with Crippen molar-refractivity contribution in [1.82, 2.24) is 4.98 Å². The highest BCUT2D eigenvalue weighted by Crippen LogP contribution is 2.11. The summed E-state index contributed by atoms with van der Waals surface area (Å²) < 4.78 is 10.0. The van der Waals surface area contributed by atoms with Gasteiger partial charge in [0.15, 0.2) is 0 Å². The van der Waals surface area contributed by atoms with Crippen LogP contribution < -0.4 is 5.73 Å². The third kappa shape index (κ3) is 3.20. The van der Waals surface area contributed by atoms with Gasteiger partial charge in [-0.15, -0.1) is 0 Å². The van der Waals surface area contributed by atoms with E-state index >= 15 is 0 Å². The van der Waals surface area contributed by atoms with Crippen molar-refractivity contribution in [2.45, 2.75) is 20.0 Å². The summed E-state index contributed by atoms with van der Waals surface area (Å²) in [7, 11) is 1.55. The van der Waals surface area contributed by atoms with E-state index in [-0.39, 0.29) is 6.10 Å². The molecule has 1 aromatic rings. The van der Waals surface area contributed by atoms with Crippen LogP contribution in [0, 0.1) is 6.92 Å². The Kier molecular flexibility index (Phi) is 4.25. The van der Waals surface area contributed by atoms with Crippen LogP contribution in [0.15, 0.2) is 12.3 Å². The maximum absolute atomic E-state index is 11.7. The Morgan fingerprint density at radius 1 is 1.62 bits per heavy atom. The number of nitrogens with zero attached hydrogens (tertiary/aromatic N) is 1. The van der Waals surface area contributed by atoms with Crippen molar-refractivity contribution in [3.05, 3.63) is 23.5 Å². The number of nitrogen functional groups attached to an aromatic ring is 1. The van der Waals surface area contributed by atoms with E-state index in [9.17, 15) is 4.79 Å². The van der Waals surface area contributed by atoms with Gasteiger partial charge in [-0.05, 0) is 19.9 Å². The molecule has 0 aliphatic carbocycles. The molecule has 5 nitrogen and oxygen atoms in total. The Morgan fingerprint density at radius 2 is 2.31 bits per heavy atom. The quantitative estimate of drug-likeness (QED) is 0.777. The van der Waals surface area contributed by atoms with Crippen molar-refractivity contribution >= 4 is 11.7 Å². The molecule has 2 N–H and O–H groups in total. The lowest BCUT2D eigenvalue weighted by molar-refractivity contribution is 0.0119. The molecule has 88 valence electrons. The van der Waals surface area contributed by atoms with E-state index in [1.165, 1.54) is 6.20 Å². The summed E-state index contributed by atoms with van der Waals surface area (Å²) >= 11 is 0. The van der Waals surface area contributed by atoms with Gasteiger partial charge in [0.2, 0.25) is 0 Å². The fourth-order valence-corrected chi connectivity index (χ4v) is 1.27. The molecule has 1 rings (SSSR count). The molecule has 1 unspecified atom stereocenters. The number of carbonyl (C=O) groups excluding carboxylic acids is 1. The molecule has 1 heterocycles. The predicted octanol–water partition coefficient (Wildman–Crippen LogP) is 1.16. The highest BCUT2D eigenvalue weighted by Gasteiger charge is 2.15. The number of aromatic nitrogens is 1. The number of aryl methyl sites for hydroxylation is 1. The summed E-state index contributed by atoms with van der Waals surface area (Å²) in [6, 6.07) is 1.56.